The van der Waals surface area contributed by atoms with Gasteiger partial charge in [-0.25, -0.2) is 0 Å². The summed E-state index contributed by atoms with van der Waals surface area (Å²) in [4.78, 5) is 4.34. The zero-order valence-electron chi connectivity index (χ0n) is 8.57. The second-order valence-electron chi connectivity index (χ2n) is 3.62. The lowest BCUT2D eigenvalue weighted by molar-refractivity contribution is 0.365. The number of benzene rings is 1. The normalized spacial score (nSPS) is 10.9. The summed E-state index contributed by atoms with van der Waals surface area (Å²) >= 11 is 2.27. The van der Waals surface area contributed by atoms with E-state index in [1.165, 1.54) is 3.57 Å². The van der Waals surface area contributed by atoms with Crippen LogP contribution in [0.4, 0.5) is 0 Å². The SMILES string of the molecule is CC(C)c1nc(-c2cccc(I)c2)no1. The van der Waals surface area contributed by atoms with Crippen LogP contribution in [0.15, 0.2) is 28.8 Å². The number of nitrogens with zero attached hydrogens (tertiary/aromatic N) is 2. The van der Waals surface area contributed by atoms with Crippen molar-refractivity contribution in [1.29, 1.82) is 0 Å². The van der Waals surface area contributed by atoms with Crippen molar-refractivity contribution in [2.24, 2.45) is 0 Å². The lowest BCUT2D eigenvalue weighted by Gasteiger charge is -1.95. The van der Waals surface area contributed by atoms with E-state index in [1.807, 2.05) is 38.1 Å². The highest BCUT2D eigenvalue weighted by molar-refractivity contribution is 14.1. The molecule has 0 aliphatic carbocycles. The zero-order valence-corrected chi connectivity index (χ0v) is 10.7. The number of hydrogen-bond acceptors (Lipinski definition) is 3. The molecule has 15 heavy (non-hydrogen) atoms. The van der Waals surface area contributed by atoms with E-state index in [4.69, 9.17) is 4.52 Å². The van der Waals surface area contributed by atoms with Gasteiger partial charge in [0.1, 0.15) is 0 Å². The van der Waals surface area contributed by atoms with Crippen LogP contribution in [0, 0.1) is 3.57 Å². The van der Waals surface area contributed by atoms with Gasteiger partial charge in [0.25, 0.3) is 0 Å². The van der Waals surface area contributed by atoms with Gasteiger partial charge in [-0.1, -0.05) is 31.1 Å². The van der Waals surface area contributed by atoms with Gasteiger partial charge in [0.2, 0.25) is 11.7 Å². The largest absolute Gasteiger partial charge is 0.339 e. The minimum Gasteiger partial charge on any atom is -0.339 e. The van der Waals surface area contributed by atoms with Crippen LogP contribution in [0.1, 0.15) is 25.7 Å². The van der Waals surface area contributed by atoms with E-state index < -0.39 is 0 Å². The topological polar surface area (TPSA) is 38.9 Å². The maximum Gasteiger partial charge on any atom is 0.229 e. The molecule has 0 unspecified atom stereocenters. The standard InChI is InChI=1S/C11H11IN2O/c1-7(2)11-13-10(14-15-11)8-4-3-5-9(12)6-8/h3-7H,1-2H3. The third kappa shape index (κ3) is 2.37. The summed E-state index contributed by atoms with van der Waals surface area (Å²) in [6, 6.07) is 8.04. The van der Waals surface area contributed by atoms with E-state index in [-0.39, 0.29) is 5.92 Å². The number of halogens is 1. The van der Waals surface area contributed by atoms with Gasteiger partial charge in [0, 0.05) is 15.1 Å². The van der Waals surface area contributed by atoms with Crippen LogP contribution in [0.2, 0.25) is 0 Å². The Morgan fingerprint density at radius 2 is 2.13 bits per heavy atom. The van der Waals surface area contributed by atoms with Crippen LogP contribution in [0.3, 0.4) is 0 Å². The van der Waals surface area contributed by atoms with E-state index in [2.05, 4.69) is 32.7 Å². The fourth-order valence-electron chi connectivity index (χ4n) is 1.21. The molecule has 0 atom stereocenters. The molecule has 0 aliphatic heterocycles. The Morgan fingerprint density at radius 1 is 1.33 bits per heavy atom. The molecule has 1 aromatic heterocycles. The van der Waals surface area contributed by atoms with Gasteiger partial charge in [-0.2, -0.15) is 4.98 Å². The quantitative estimate of drug-likeness (QED) is 0.797. The Hall–Kier alpha value is -0.910. The molecule has 0 bridgehead atoms. The molecule has 1 aromatic carbocycles. The molecule has 0 amide bonds. The average Bonchev–Trinajstić information content (AvgIpc) is 2.66. The summed E-state index contributed by atoms with van der Waals surface area (Å²) in [6.45, 7) is 4.07. The summed E-state index contributed by atoms with van der Waals surface area (Å²) in [6.07, 6.45) is 0. The Kier molecular flexibility index (Phi) is 3.04. The molecule has 0 saturated heterocycles. The Bertz CT molecular complexity index is 465. The lowest BCUT2D eigenvalue weighted by Crippen LogP contribution is -1.87. The monoisotopic (exact) mass is 314 g/mol. The summed E-state index contributed by atoms with van der Waals surface area (Å²) in [5, 5.41) is 3.96. The van der Waals surface area contributed by atoms with Crippen LogP contribution in [0.25, 0.3) is 11.4 Å². The molecule has 0 saturated carbocycles. The van der Waals surface area contributed by atoms with Gasteiger partial charge in [0.15, 0.2) is 0 Å². The van der Waals surface area contributed by atoms with Crippen molar-refractivity contribution in [3.63, 3.8) is 0 Å². The number of hydrogen-bond donors (Lipinski definition) is 0. The van der Waals surface area contributed by atoms with Gasteiger partial charge >= 0.3 is 0 Å². The molecule has 78 valence electrons. The molecule has 0 fully saturated rings. The highest BCUT2D eigenvalue weighted by atomic mass is 127. The molecular weight excluding hydrogens is 303 g/mol. The van der Waals surface area contributed by atoms with E-state index in [1.54, 1.807) is 0 Å². The van der Waals surface area contributed by atoms with Crippen LogP contribution >= 0.6 is 22.6 Å². The van der Waals surface area contributed by atoms with Crippen molar-refractivity contribution in [2.75, 3.05) is 0 Å². The molecule has 2 rings (SSSR count). The molecule has 0 spiro atoms. The van der Waals surface area contributed by atoms with Crippen molar-refractivity contribution >= 4 is 22.6 Å². The third-order valence-electron chi connectivity index (χ3n) is 2.02. The number of rotatable bonds is 2. The third-order valence-corrected chi connectivity index (χ3v) is 2.69. The molecule has 4 heteroatoms. The molecule has 3 nitrogen and oxygen atoms in total. The van der Waals surface area contributed by atoms with Crippen molar-refractivity contribution < 1.29 is 4.52 Å². The van der Waals surface area contributed by atoms with Crippen molar-refractivity contribution in [2.45, 2.75) is 19.8 Å². The van der Waals surface area contributed by atoms with Gasteiger partial charge in [-0.3, -0.25) is 0 Å². The smallest absolute Gasteiger partial charge is 0.229 e. The minimum absolute atomic E-state index is 0.272. The average molecular weight is 314 g/mol. The summed E-state index contributed by atoms with van der Waals surface area (Å²) < 4.78 is 6.32. The molecule has 1 heterocycles. The van der Waals surface area contributed by atoms with Crippen molar-refractivity contribution in [3.8, 4) is 11.4 Å². The second-order valence-corrected chi connectivity index (χ2v) is 4.87. The molecule has 0 radical (unpaired) electrons. The van der Waals surface area contributed by atoms with E-state index in [9.17, 15) is 0 Å². The molecule has 0 N–H and O–H groups in total. The van der Waals surface area contributed by atoms with Gasteiger partial charge in [0.05, 0.1) is 0 Å². The first-order chi connectivity index (χ1) is 7.16. The van der Waals surface area contributed by atoms with Crippen LogP contribution < -0.4 is 0 Å². The van der Waals surface area contributed by atoms with Crippen molar-refractivity contribution in [3.05, 3.63) is 33.7 Å². The summed E-state index contributed by atoms with van der Waals surface area (Å²) in [7, 11) is 0. The Morgan fingerprint density at radius 3 is 2.73 bits per heavy atom. The van der Waals surface area contributed by atoms with Crippen LogP contribution in [-0.4, -0.2) is 10.1 Å². The highest BCUT2D eigenvalue weighted by Gasteiger charge is 2.11. The molecular formula is C11H11IN2O. The first kappa shape index (κ1) is 10.6. The summed E-state index contributed by atoms with van der Waals surface area (Å²) in [5.41, 5.74) is 0.998. The fourth-order valence-corrected chi connectivity index (χ4v) is 1.76. The van der Waals surface area contributed by atoms with E-state index in [0.717, 1.165) is 5.56 Å². The molecule has 0 aliphatic rings. The van der Waals surface area contributed by atoms with E-state index >= 15 is 0 Å². The zero-order chi connectivity index (χ0) is 10.8. The Balaban J connectivity index is 2.37. The highest BCUT2D eigenvalue weighted by Crippen LogP contribution is 2.20. The molecule has 2 aromatic rings. The van der Waals surface area contributed by atoms with Crippen LogP contribution in [-0.2, 0) is 0 Å². The predicted molar refractivity (Wildman–Crippen MR) is 66.5 cm³/mol. The first-order valence-corrected chi connectivity index (χ1v) is 5.84. The number of aromatic nitrogens is 2. The van der Waals surface area contributed by atoms with Gasteiger partial charge < -0.3 is 4.52 Å². The predicted octanol–water partition coefficient (Wildman–Crippen LogP) is 3.46. The summed E-state index contributed by atoms with van der Waals surface area (Å²) in [5.74, 6) is 1.62. The van der Waals surface area contributed by atoms with Crippen molar-refractivity contribution in [1.82, 2.24) is 10.1 Å². The maximum absolute atomic E-state index is 5.16. The van der Waals surface area contributed by atoms with Gasteiger partial charge in [-0.15, -0.1) is 0 Å². The van der Waals surface area contributed by atoms with E-state index in [0.29, 0.717) is 11.7 Å². The van der Waals surface area contributed by atoms with Crippen LogP contribution in [0.5, 0.6) is 0 Å². The first-order valence-electron chi connectivity index (χ1n) is 4.76. The maximum atomic E-state index is 5.16. The fraction of sp³-hybridized carbons (Fsp3) is 0.273. The lowest BCUT2D eigenvalue weighted by atomic mass is 10.2. The Labute approximate surface area is 102 Å². The minimum atomic E-state index is 0.272. The van der Waals surface area contributed by atoms with Gasteiger partial charge in [-0.05, 0) is 34.7 Å². The second kappa shape index (κ2) is 4.30.